The summed E-state index contributed by atoms with van der Waals surface area (Å²) >= 11 is 0. The van der Waals surface area contributed by atoms with E-state index in [-0.39, 0.29) is 29.0 Å². The Morgan fingerprint density at radius 2 is 1.91 bits per heavy atom. The zero-order chi connectivity index (χ0) is 23.5. The summed E-state index contributed by atoms with van der Waals surface area (Å²) < 4.78 is 28.7. The van der Waals surface area contributed by atoms with E-state index in [1.54, 1.807) is 6.07 Å². The van der Waals surface area contributed by atoms with Gasteiger partial charge in [-0.15, -0.1) is 5.10 Å². The zero-order valence-corrected chi connectivity index (χ0v) is 18.6. The number of aromatic nitrogens is 2. The molecule has 2 fully saturated rings. The fraction of sp³-hybridized carbons (Fsp3) is 0.500. The minimum Gasteiger partial charge on any atom is -0.465 e. The molecule has 2 amide bonds. The van der Waals surface area contributed by atoms with Gasteiger partial charge in [0.05, 0.1) is 22.4 Å². The summed E-state index contributed by atoms with van der Waals surface area (Å²) in [4.78, 5) is 26.3. The first kappa shape index (κ1) is 21.7. The third-order valence-electron chi connectivity index (χ3n) is 8.04. The number of hydrogen-bond acceptors (Lipinski definition) is 4. The molecule has 1 aromatic carbocycles. The third-order valence-corrected chi connectivity index (χ3v) is 8.04. The molecule has 2 aromatic rings. The van der Waals surface area contributed by atoms with E-state index < -0.39 is 28.6 Å². The second-order valence-electron chi connectivity index (χ2n) is 9.95. The van der Waals surface area contributed by atoms with Crippen LogP contribution >= 0.6 is 0 Å². The van der Waals surface area contributed by atoms with Gasteiger partial charge in [0.2, 0.25) is 5.91 Å². The first-order valence-electron chi connectivity index (χ1n) is 11.3. The van der Waals surface area contributed by atoms with Gasteiger partial charge in [0.15, 0.2) is 0 Å². The van der Waals surface area contributed by atoms with Gasteiger partial charge >= 0.3 is 6.09 Å². The number of rotatable bonds is 5. The number of carbonyl (C=O) groups is 2. The highest BCUT2D eigenvalue weighted by Crippen LogP contribution is 2.68. The SMILES string of the molecule is CC1(C)[C@@H]2CC[C@@]1(C(=O)N1CC(CCNC(=O)O)C1)c1nnc(-c3c(F)cccc3F)cc12. The Morgan fingerprint density at radius 3 is 2.58 bits per heavy atom. The topological polar surface area (TPSA) is 95.4 Å². The minimum absolute atomic E-state index is 0.0234. The Bertz CT molecular complexity index is 1130. The average Bonchev–Trinajstić information content (AvgIpc) is 3.10. The molecule has 0 spiro atoms. The second kappa shape index (κ2) is 7.46. The largest absolute Gasteiger partial charge is 0.465 e. The highest BCUT2D eigenvalue weighted by molar-refractivity contribution is 5.92. The van der Waals surface area contributed by atoms with E-state index >= 15 is 0 Å². The summed E-state index contributed by atoms with van der Waals surface area (Å²) in [6.45, 7) is 5.68. The Hall–Kier alpha value is -3.10. The molecular weight excluding hydrogens is 430 g/mol. The number of nitrogens with one attached hydrogen (secondary N) is 1. The maximum Gasteiger partial charge on any atom is 0.404 e. The van der Waals surface area contributed by atoms with Crippen molar-refractivity contribution in [3.05, 3.63) is 47.2 Å². The first-order valence-corrected chi connectivity index (χ1v) is 11.3. The van der Waals surface area contributed by atoms with Gasteiger partial charge in [0.25, 0.3) is 0 Å². The van der Waals surface area contributed by atoms with Crippen LogP contribution in [0, 0.1) is 23.0 Å². The van der Waals surface area contributed by atoms with E-state index in [1.807, 2.05) is 4.90 Å². The number of likely N-dealkylation sites (tertiary alicyclic amines) is 1. The molecule has 2 heterocycles. The maximum atomic E-state index is 14.4. The Labute approximate surface area is 190 Å². The van der Waals surface area contributed by atoms with Crippen molar-refractivity contribution in [3.8, 4) is 11.3 Å². The fourth-order valence-corrected chi connectivity index (χ4v) is 6.23. The average molecular weight is 456 g/mol. The highest BCUT2D eigenvalue weighted by atomic mass is 19.1. The molecule has 9 heteroatoms. The number of carbonyl (C=O) groups excluding carboxylic acids is 1. The molecule has 2 bridgehead atoms. The maximum absolute atomic E-state index is 14.4. The molecule has 1 saturated heterocycles. The van der Waals surface area contributed by atoms with Crippen LogP contribution in [0.2, 0.25) is 0 Å². The van der Waals surface area contributed by atoms with Crippen LogP contribution in [0.4, 0.5) is 13.6 Å². The van der Waals surface area contributed by atoms with Gasteiger partial charge in [-0.1, -0.05) is 19.9 Å². The summed E-state index contributed by atoms with van der Waals surface area (Å²) in [5.74, 6) is -1.05. The molecule has 2 aliphatic carbocycles. The van der Waals surface area contributed by atoms with Crippen molar-refractivity contribution in [2.45, 2.75) is 44.4 Å². The minimum atomic E-state index is -1.05. The van der Waals surface area contributed by atoms with E-state index in [1.165, 1.54) is 18.2 Å². The van der Waals surface area contributed by atoms with Gasteiger partial charge in [-0.2, -0.15) is 5.10 Å². The summed E-state index contributed by atoms with van der Waals surface area (Å²) in [6.07, 6.45) is 1.11. The van der Waals surface area contributed by atoms with E-state index in [4.69, 9.17) is 5.11 Å². The Kier molecular flexibility index (Phi) is 4.91. The van der Waals surface area contributed by atoms with Gasteiger partial charge in [-0.3, -0.25) is 4.79 Å². The van der Waals surface area contributed by atoms with Gasteiger partial charge in [-0.25, -0.2) is 13.6 Å². The second-order valence-corrected chi connectivity index (χ2v) is 9.95. The predicted molar refractivity (Wildman–Crippen MR) is 116 cm³/mol. The van der Waals surface area contributed by atoms with Crippen molar-refractivity contribution in [2.75, 3.05) is 19.6 Å². The number of amides is 2. The van der Waals surface area contributed by atoms with E-state index in [9.17, 15) is 18.4 Å². The molecule has 7 nitrogen and oxygen atoms in total. The van der Waals surface area contributed by atoms with Crippen molar-refractivity contribution in [1.82, 2.24) is 20.4 Å². The number of benzene rings is 1. The molecule has 2 N–H and O–H groups in total. The summed E-state index contributed by atoms with van der Waals surface area (Å²) in [5, 5.41) is 19.7. The molecule has 1 aromatic heterocycles. The quantitative estimate of drug-likeness (QED) is 0.716. The summed E-state index contributed by atoms with van der Waals surface area (Å²) in [5.41, 5.74) is 0.222. The lowest BCUT2D eigenvalue weighted by atomic mass is 9.67. The van der Waals surface area contributed by atoms with Crippen LogP contribution < -0.4 is 5.32 Å². The van der Waals surface area contributed by atoms with Crippen LogP contribution in [0.3, 0.4) is 0 Å². The summed E-state index contributed by atoms with van der Waals surface area (Å²) in [7, 11) is 0. The smallest absolute Gasteiger partial charge is 0.404 e. The Balaban J connectivity index is 1.43. The van der Waals surface area contributed by atoms with Crippen LogP contribution in [0.25, 0.3) is 11.3 Å². The molecular formula is C24H26F2N4O3. The van der Waals surface area contributed by atoms with Crippen molar-refractivity contribution in [1.29, 1.82) is 0 Å². The van der Waals surface area contributed by atoms with E-state index in [2.05, 4.69) is 29.4 Å². The van der Waals surface area contributed by atoms with Crippen molar-refractivity contribution in [3.63, 3.8) is 0 Å². The molecule has 1 saturated carbocycles. The van der Waals surface area contributed by atoms with Crippen molar-refractivity contribution in [2.24, 2.45) is 11.3 Å². The predicted octanol–water partition coefficient (Wildman–Crippen LogP) is 3.69. The van der Waals surface area contributed by atoms with Gasteiger partial charge in [0.1, 0.15) is 11.6 Å². The van der Waals surface area contributed by atoms with E-state index in [0.717, 1.165) is 12.0 Å². The zero-order valence-electron chi connectivity index (χ0n) is 18.6. The normalized spacial score (nSPS) is 25.0. The molecule has 0 unspecified atom stereocenters. The molecule has 33 heavy (non-hydrogen) atoms. The van der Waals surface area contributed by atoms with Crippen LogP contribution in [-0.4, -0.2) is 51.8 Å². The number of carboxylic acid groups (broad SMARTS) is 1. The molecule has 2 atom stereocenters. The van der Waals surface area contributed by atoms with Crippen molar-refractivity contribution >= 4 is 12.0 Å². The molecule has 0 radical (unpaired) electrons. The van der Waals surface area contributed by atoms with Crippen molar-refractivity contribution < 1.29 is 23.5 Å². The molecule has 5 rings (SSSR count). The first-order chi connectivity index (χ1) is 15.7. The van der Waals surface area contributed by atoms with Crippen LogP contribution in [0.5, 0.6) is 0 Å². The number of halogens is 2. The monoisotopic (exact) mass is 456 g/mol. The lowest BCUT2D eigenvalue weighted by Crippen LogP contribution is -2.59. The third kappa shape index (κ3) is 3.04. The van der Waals surface area contributed by atoms with Crippen LogP contribution in [-0.2, 0) is 10.2 Å². The fourth-order valence-electron chi connectivity index (χ4n) is 6.23. The molecule has 174 valence electrons. The molecule has 1 aliphatic heterocycles. The lowest BCUT2D eigenvalue weighted by Gasteiger charge is -2.46. The number of fused-ring (bicyclic) bond motifs is 5. The van der Waals surface area contributed by atoms with E-state index in [0.29, 0.717) is 38.2 Å². The van der Waals surface area contributed by atoms with Crippen LogP contribution in [0.15, 0.2) is 24.3 Å². The Morgan fingerprint density at radius 1 is 1.21 bits per heavy atom. The number of nitrogens with zero attached hydrogens (tertiary/aromatic N) is 3. The molecule has 3 aliphatic rings. The standard InChI is InChI=1S/C24H26F2N4O3/c1-23(2)15-6-8-24(23,21(31)30-11-13(12-30)7-9-27-22(32)33)20-14(15)10-18(28-29-20)19-16(25)4-3-5-17(19)26/h3-5,10,13,15,27H,6-9,11-12H2,1-2H3,(H,32,33)/t15-,24+/m1/s1. The lowest BCUT2D eigenvalue weighted by molar-refractivity contribution is -0.147. The summed E-state index contributed by atoms with van der Waals surface area (Å²) in [6, 6.07) is 5.41. The van der Waals surface area contributed by atoms with Crippen LogP contribution in [0.1, 0.15) is 50.3 Å². The number of hydrogen-bond donors (Lipinski definition) is 2. The van der Waals surface area contributed by atoms with Gasteiger partial charge < -0.3 is 15.3 Å². The van der Waals surface area contributed by atoms with Gasteiger partial charge in [-0.05, 0) is 60.3 Å². The van der Waals surface area contributed by atoms with Gasteiger partial charge in [0, 0.05) is 19.6 Å². The highest BCUT2D eigenvalue weighted by Gasteiger charge is 2.68.